The average Bonchev–Trinajstić information content (AvgIpc) is 3.62. The first-order valence-electron chi connectivity index (χ1n) is 10.9. The summed E-state index contributed by atoms with van der Waals surface area (Å²) in [6, 6.07) is 7.31. The van der Waals surface area contributed by atoms with Gasteiger partial charge in [-0.1, -0.05) is 0 Å². The van der Waals surface area contributed by atoms with E-state index in [2.05, 4.69) is 6.07 Å². The number of ether oxygens (including phenoxy) is 1. The van der Waals surface area contributed by atoms with E-state index in [0.29, 0.717) is 49.6 Å². The number of anilines is 1. The topological polar surface area (TPSA) is 69.5 Å². The van der Waals surface area contributed by atoms with Gasteiger partial charge in [0.05, 0.1) is 24.3 Å². The van der Waals surface area contributed by atoms with Gasteiger partial charge in [-0.25, -0.2) is 13.8 Å². The second-order valence-corrected chi connectivity index (χ2v) is 8.43. The minimum Gasteiger partial charge on any atom is -0.384 e. The number of benzene rings is 1. The number of carbonyl (C=O) groups excluding carboxylic acids is 1. The second kappa shape index (κ2) is 9.21. The largest absolute Gasteiger partial charge is 0.384 e. The zero-order chi connectivity index (χ0) is 22.8. The highest BCUT2D eigenvalue weighted by Gasteiger charge is 2.33. The molecule has 1 aromatic heterocycles. The Morgan fingerprint density at radius 3 is 2.66 bits per heavy atom. The third-order valence-electron chi connectivity index (χ3n) is 6.11. The lowest BCUT2D eigenvalue weighted by molar-refractivity contribution is -0.134. The van der Waals surface area contributed by atoms with E-state index in [1.807, 2.05) is 16.7 Å². The molecule has 2 aromatic rings. The molecular formula is C24H26F2N4O2. The van der Waals surface area contributed by atoms with Gasteiger partial charge in [0.25, 0.3) is 0 Å². The maximum atomic E-state index is 14.5. The molecule has 1 unspecified atom stereocenters. The van der Waals surface area contributed by atoms with Crippen LogP contribution in [0.3, 0.4) is 0 Å². The zero-order valence-electron chi connectivity index (χ0n) is 18.3. The Kier molecular flexibility index (Phi) is 6.38. The quantitative estimate of drug-likeness (QED) is 0.683. The van der Waals surface area contributed by atoms with Gasteiger partial charge in [0.15, 0.2) is 0 Å². The Bertz CT molecular complexity index is 1060. The van der Waals surface area contributed by atoms with Crippen molar-refractivity contribution in [1.29, 1.82) is 5.26 Å². The summed E-state index contributed by atoms with van der Waals surface area (Å²) < 4.78 is 33.0. The molecule has 2 aliphatic rings. The van der Waals surface area contributed by atoms with Crippen LogP contribution in [0.25, 0.3) is 11.1 Å². The van der Waals surface area contributed by atoms with Crippen molar-refractivity contribution in [3.8, 4) is 17.2 Å². The van der Waals surface area contributed by atoms with Crippen LogP contribution in [0.15, 0.2) is 24.3 Å². The molecule has 0 spiro atoms. The minimum absolute atomic E-state index is 0.0416. The van der Waals surface area contributed by atoms with Crippen LogP contribution in [0, 0.1) is 23.0 Å². The molecule has 1 atom stereocenters. The monoisotopic (exact) mass is 440 g/mol. The van der Waals surface area contributed by atoms with Gasteiger partial charge in [-0.15, -0.1) is 0 Å². The van der Waals surface area contributed by atoms with E-state index >= 15 is 0 Å². The van der Waals surface area contributed by atoms with Gasteiger partial charge in [0.2, 0.25) is 5.91 Å². The van der Waals surface area contributed by atoms with Gasteiger partial charge >= 0.3 is 0 Å². The van der Waals surface area contributed by atoms with Crippen LogP contribution >= 0.6 is 0 Å². The number of piperazine rings is 1. The number of aromatic nitrogens is 1. The molecule has 1 aliphatic heterocycles. The van der Waals surface area contributed by atoms with Crippen molar-refractivity contribution >= 4 is 11.7 Å². The number of hydrogen-bond acceptors (Lipinski definition) is 5. The molecule has 1 saturated carbocycles. The molecule has 6 nitrogen and oxygen atoms in total. The highest BCUT2D eigenvalue weighted by atomic mass is 19.1. The van der Waals surface area contributed by atoms with Crippen molar-refractivity contribution in [3.05, 3.63) is 47.2 Å². The van der Waals surface area contributed by atoms with Gasteiger partial charge in [0.1, 0.15) is 23.5 Å². The maximum Gasteiger partial charge on any atom is 0.225 e. The summed E-state index contributed by atoms with van der Waals surface area (Å²) in [6.45, 7) is 4.00. The molecule has 8 heteroatoms. The van der Waals surface area contributed by atoms with Gasteiger partial charge in [-0.3, -0.25) is 4.79 Å². The summed E-state index contributed by atoms with van der Waals surface area (Å²) in [5.74, 6) is -0.488. The molecule has 2 fully saturated rings. The first-order chi connectivity index (χ1) is 15.4. The number of hydrogen-bond donors (Lipinski definition) is 0. The molecule has 32 heavy (non-hydrogen) atoms. The lowest BCUT2D eigenvalue weighted by atomic mass is 9.98. The number of nitriles is 1. The summed E-state index contributed by atoms with van der Waals surface area (Å²) in [6.07, 6.45) is 2.24. The van der Waals surface area contributed by atoms with Crippen molar-refractivity contribution in [2.45, 2.75) is 38.1 Å². The zero-order valence-corrected chi connectivity index (χ0v) is 18.3. The van der Waals surface area contributed by atoms with Crippen molar-refractivity contribution < 1.29 is 18.3 Å². The second-order valence-electron chi connectivity index (χ2n) is 8.43. The van der Waals surface area contributed by atoms with Gasteiger partial charge in [0, 0.05) is 55.9 Å². The number of amides is 1. The number of rotatable bonds is 6. The molecule has 4 rings (SSSR count). The van der Waals surface area contributed by atoms with Crippen LogP contribution in [-0.2, 0) is 9.53 Å². The summed E-state index contributed by atoms with van der Waals surface area (Å²) in [4.78, 5) is 21.1. The van der Waals surface area contributed by atoms with Crippen molar-refractivity contribution in [2.75, 3.05) is 38.3 Å². The molecule has 1 amide bonds. The fraction of sp³-hybridized carbons (Fsp3) is 0.458. The summed E-state index contributed by atoms with van der Waals surface area (Å²) in [5.41, 5.74) is 1.90. The van der Waals surface area contributed by atoms with Crippen LogP contribution in [-0.4, -0.2) is 55.2 Å². The van der Waals surface area contributed by atoms with Gasteiger partial charge < -0.3 is 14.5 Å². The fourth-order valence-electron chi connectivity index (χ4n) is 4.29. The van der Waals surface area contributed by atoms with E-state index in [1.54, 1.807) is 13.2 Å². The van der Waals surface area contributed by atoms with Crippen LogP contribution in [0.5, 0.6) is 0 Å². The SMILES string of the molecule is COCCC(=O)N1CCN(c2nc(C3CC3)c(-c3ccc(F)cc3F)cc2C#N)CC1C. The lowest BCUT2D eigenvalue weighted by Gasteiger charge is -2.41. The van der Waals surface area contributed by atoms with Crippen molar-refractivity contribution in [3.63, 3.8) is 0 Å². The molecule has 168 valence electrons. The Balaban J connectivity index is 1.65. The average molecular weight is 440 g/mol. The smallest absolute Gasteiger partial charge is 0.225 e. The van der Waals surface area contributed by atoms with E-state index in [-0.39, 0.29) is 23.4 Å². The molecular weight excluding hydrogens is 414 g/mol. The molecule has 0 bridgehead atoms. The van der Waals surface area contributed by atoms with E-state index in [0.717, 1.165) is 24.6 Å². The number of nitrogens with zero attached hydrogens (tertiary/aromatic N) is 4. The number of halogens is 2. The normalized spacial score (nSPS) is 18.5. The van der Waals surface area contributed by atoms with Crippen LogP contribution < -0.4 is 4.90 Å². The number of methoxy groups -OCH3 is 1. The van der Waals surface area contributed by atoms with E-state index in [9.17, 15) is 18.8 Å². The highest BCUT2D eigenvalue weighted by Crippen LogP contribution is 2.45. The van der Waals surface area contributed by atoms with E-state index < -0.39 is 11.6 Å². The molecule has 1 aliphatic carbocycles. The summed E-state index contributed by atoms with van der Waals surface area (Å²) >= 11 is 0. The van der Waals surface area contributed by atoms with Crippen LogP contribution in [0.4, 0.5) is 14.6 Å². The molecule has 0 radical (unpaired) electrons. The molecule has 1 saturated heterocycles. The van der Waals surface area contributed by atoms with Crippen molar-refractivity contribution in [1.82, 2.24) is 9.88 Å². The minimum atomic E-state index is -0.665. The van der Waals surface area contributed by atoms with Gasteiger partial charge in [-0.05, 0) is 38.0 Å². The van der Waals surface area contributed by atoms with Crippen LogP contribution in [0.2, 0.25) is 0 Å². The first-order valence-corrected chi connectivity index (χ1v) is 10.9. The standard InChI is InChI=1S/C24H26F2N4O2/c1-15-14-29(8-9-30(15)22(31)7-10-32-2)24-17(13-27)11-20(23(28-24)16-3-4-16)19-6-5-18(25)12-21(19)26/h5-6,11-12,15-16H,3-4,7-10,14H2,1-2H3. The molecule has 0 N–H and O–H groups in total. The third kappa shape index (κ3) is 4.44. The van der Waals surface area contributed by atoms with E-state index in [4.69, 9.17) is 9.72 Å². The Morgan fingerprint density at radius 2 is 2.03 bits per heavy atom. The number of carbonyl (C=O) groups is 1. The Labute approximate surface area is 186 Å². The maximum absolute atomic E-state index is 14.5. The third-order valence-corrected chi connectivity index (χ3v) is 6.11. The predicted octanol–water partition coefficient (Wildman–Crippen LogP) is 3.85. The van der Waals surface area contributed by atoms with Gasteiger partial charge in [-0.2, -0.15) is 5.26 Å². The Morgan fingerprint density at radius 1 is 1.25 bits per heavy atom. The molecule has 2 heterocycles. The predicted molar refractivity (Wildman–Crippen MR) is 116 cm³/mol. The Hall–Kier alpha value is -3.05. The summed E-state index contributed by atoms with van der Waals surface area (Å²) in [7, 11) is 1.57. The number of pyridine rings is 1. The fourth-order valence-corrected chi connectivity index (χ4v) is 4.29. The van der Waals surface area contributed by atoms with E-state index in [1.165, 1.54) is 12.1 Å². The first kappa shape index (κ1) is 22.2. The highest BCUT2D eigenvalue weighted by molar-refractivity contribution is 5.77. The van der Waals surface area contributed by atoms with Crippen LogP contribution in [0.1, 0.15) is 43.4 Å². The summed E-state index contributed by atoms with van der Waals surface area (Å²) in [5, 5.41) is 9.83. The molecule has 1 aromatic carbocycles. The van der Waals surface area contributed by atoms with Crippen molar-refractivity contribution in [2.24, 2.45) is 0 Å². The lowest BCUT2D eigenvalue weighted by Crippen LogP contribution is -2.54.